The van der Waals surface area contributed by atoms with Gasteiger partial charge in [0.1, 0.15) is 0 Å². The highest BCUT2D eigenvalue weighted by atomic mass is 79.9. The quantitative estimate of drug-likeness (QED) is 0.879. The van der Waals surface area contributed by atoms with Crippen LogP contribution in [0.3, 0.4) is 0 Å². The molecule has 0 radical (unpaired) electrons. The van der Waals surface area contributed by atoms with Gasteiger partial charge in [0, 0.05) is 56.6 Å². The highest BCUT2D eigenvalue weighted by molar-refractivity contribution is 9.10. The number of nitrogens with zero attached hydrogens (tertiary/aromatic N) is 5. The predicted octanol–water partition coefficient (Wildman–Crippen LogP) is 1.91. The Morgan fingerprint density at radius 3 is 2.61 bits per heavy atom. The number of amides is 1. The fourth-order valence-corrected chi connectivity index (χ4v) is 3.23. The number of aryl methyl sites for hydroxylation is 1. The molecule has 122 valence electrons. The Kier molecular flexibility index (Phi) is 4.34. The van der Waals surface area contributed by atoms with Crippen LogP contribution in [0.4, 0.5) is 5.95 Å². The van der Waals surface area contributed by atoms with Crippen LogP contribution in [-0.2, 0) is 11.8 Å². The number of nitrogens with one attached hydrogen (secondary N) is 1. The summed E-state index contributed by atoms with van der Waals surface area (Å²) in [6.07, 6.45) is 5.77. The molecule has 2 atom stereocenters. The van der Waals surface area contributed by atoms with Crippen LogP contribution < -0.4 is 5.32 Å². The maximum absolute atomic E-state index is 12.2. The van der Waals surface area contributed by atoms with Gasteiger partial charge < -0.3 is 10.2 Å². The van der Waals surface area contributed by atoms with Gasteiger partial charge in [-0.2, -0.15) is 5.10 Å². The lowest BCUT2D eigenvalue weighted by Gasteiger charge is -2.25. The molecule has 8 heteroatoms. The van der Waals surface area contributed by atoms with Crippen molar-refractivity contribution in [3.8, 4) is 0 Å². The van der Waals surface area contributed by atoms with Crippen LogP contribution in [0.5, 0.6) is 0 Å². The SMILES string of the molecule is Cc1c([C@H]2[C@H](CNc3ncc(Br)cn3)CC(=O)N2C)cnn1C. The average Bonchev–Trinajstić information content (AvgIpc) is 3.00. The summed E-state index contributed by atoms with van der Waals surface area (Å²) in [7, 11) is 3.77. The third-order valence-corrected chi connectivity index (χ3v) is 4.84. The molecule has 3 heterocycles. The van der Waals surface area contributed by atoms with Crippen molar-refractivity contribution in [3.05, 3.63) is 34.3 Å². The lowest BCUT2D eigenvalue weighted by molar-refractivity contribution is -0.127. The van der Waals surface area contributed by atoms with E-state index in [0.29, 0.717) is 18.9 Å². The molecule has 0 unspecified atom stereocenters. The topological polar surface area (TPSA) is 75.9 Å². The molecule has 1 amide bonds. The summed E-state index contributed by atoms with van der Waals surface area (Å²) in [5.74, 6) is 0.876. The minimum Gasteiger partial charge on any atom is -0.354 e. The zero-order chi connectivity index (χ0) is 16.6. The average molecular weight is 379 g/mol. The summed E-state index contributed by atoms with van der Waals surface area (Å²) in [6.45, 7) is 2.66. The second-order valence-corrected chi connectivity index (χ2v) is 6.74. The molecule has 1 aliphatic rings. The fraction of sp³-hybridized carbons (Fsp3) is 0.467. The number of aromatic nitrogens is 4. The van der Waals surface area contributed by atoms with Gasteiger partial charge in [-0.05, 0) is 22.9 Å². The molecule has 23 heavy (non-hydrogen) atoms. The Hall–Kier alpha value is -1.96. The first kappa shape index (κ1) is 15.9. The first-order valence-corrected chi connectivity index (χ1v) is 8.22. The van der Waals surface area contributed by atoms with Crippen LogP contribution in [0.2, 0.25) is 0 Å². The fourth-order valence-electron chi connectivity index (χ4n) is 3.03. The standard InChI is InChI=1S/C15H19BrN6O/c1-9-12(8-20-22(9)3)14-10(4-13(23)21(14)2)5-17-15-18-6-11(16)7-19-15/h6-8,10,14H,4-5H2,1-3H3,(H,17,18,19)/t10-,14+/m0/s1. The third-order valence-electron chi connectivity index (χ3n) is 4.43. The van der Waals surface area contributed by atoms with E-state index in [1.807, 2.05) is 36.8 Å². The van der Waals surface area contributed by atoms with Crippen LogP contribution in [-0.4, -0.2) is 44.1 Å². The van der Waals surface area contributed by atoms with E-state index >= 15 is 0 Å². The highest BCUT2D eigenvalue weighted by Gasteiger charge is 2.39. The molecule has 2 aromatic heterocycles. The van der Waals surface area contributed by atoms with Crippen LogP contribution >= 0.6 is 15.9 Å². The smallest absolute Gasteiger partial charge is 0.223 e. The van der Waals surface area contributed by atoms with E-state index in [1.165, 1.54) is 0 Å². The molecular weight excluding hydrogens is 360 g/mol. The van der Waals surface area contributed by atoms with Gasteiger partial charge in [0.15, 0.2) is 0 Å². The molecule has 0 aliphatic carbocycles. The van der Waals surface area contributed by atoms with Crippen LogP contribution in [0, 0.1) is 12.8 Å². The largest absolute Gasteiger partial charge is 0.354 e. The maximum atomic E-state index is 12.2. The van der Waals surface area contributed by atoms with E-state index in [-0.39, 0.29) is 17.9 Å². The predicted molar refractivity (Wildman–Crippen MR) is 89.8 cm³/mol. The molecule has 0 aromatic carbocycles. The maximum Gasteiger partial charge on any atom is 0.223 e. The van der Waals surface area contributed by atoms with Crippen molar-refractivity contribution in [1.82, 2.24) is 24.6 Å². The number of likely N-dealkylation sites (tertiary alicyclic amines) is 1. The number of carbonyl (C=O) groups excluding carboxylic acids is 1. The summed E-state index contributed by atoms with van der Waals surface area (Å²) < 4.78 is 2.68. The molecule has 1 saturated heterocycles. The number of carbonyl (C=O) groups is 1. The van der Waals surface area contributed by atoms with Gasteiger partial charge in [-0.1, -0.05) is 0 Å². The van der Waals surface area contributed by atoms with Crippen molar-refractivity contribution in [2.45, 2.75) is 19.4 Å². The first-order chi connectivity index (χ1) is 11.0. The Morgan fingerprint density at radius 2 is 2.00 bits per heavy atom. The molecule has 1 fully saturated rings. The number of hydrogen-bond donors (Lipinski definition) is 1. The van der Waals surface area contributed by atoms with Crippen molar-refractivity contribution < 1.29 is 4.79 Å². The van der Waals surface area contributed by atoms with Gasteiger partial charge in [-0.25, -0.2) is 9.97 Å². The van der Waals surface area contributed by atoms with Crippen LogP contribution in [0.15, 0.2) is 23.1 Å². The minimum absolute atomic E-state index is 0.0270. The summed E-state index contributed by atoms with van der Waals surface area (Å²) in [4.78, 5) is 22.4. The molecular formula is C15H19BrN6O. The second kappa shape index (κ2) is 6.27. The van der Waals surface area contributed by atoms with E-state index in [2.05, 4.69) is 36.3 Å². The summed E-state index contributed by atoms with van der Waals surface area (Å²) in [5, 5.41) is 7.54. The van der Waals surface area contributed by atoms with E-state index in [9.17, 15) is 4.79 Å². The van der Waals surface area contributed by atoms with Crippen LogP contribution in [0.1, 0.15) is 23.7 Å². The van der Waals surface area contributed by atoms with Crippen LogP contribution in [0.25, 0.3) is 0 Å². The van der Waals surface area contributed by atoms with Gasteiger partial charge in [-0.15, -0.1) is 0 Å². The molecule has 7 nitrogen and oxygen atoms in total. The number of hydrogen-bond acceptors (Lipinski definition) is 5. The molecule has 1 aliphatic heterocycles. The molecule has 2 aromatic rings. The highest BCUT2D eigenvalue weighted by Crippen LogP contribution is 2.38. The zero-order valence-corrected chi connectivity index (χ0v) is 14.9. The van der Waals surface area contributed by atoms with Gasteiger partial charge >= 0.3 is 0 Å². The summed E-state index contributed by atoms with van der Waals surface area (Å²) in [6, 6.07) is 0.0270. The Morgan fingerprint density at radius 1 is 1.30 bits per heavy atom. The van der Waals surface area contributed by atoms with Crippen molar-refractivity contribution in [1.29, 1.82) is 0 Å². The van der Waals surface area contributed by atoms with E-state index < -0.39 is 0 Å². The zero-order valence-electron chi connectivity index (χ0n) is 13.3. The van der Waals surface area contributed by atoms with Crippen molar-refractivity contribution in [2.75, 3.05) is 18.9 Å². The van der Waals surface area contributed by atoms with Gasteiger partial charge in [0.05, 0.1) is 16.7 Å². The van der Waals surface area contributed by atoms with Gasteiger partial charge in [-0.3, -0.25) is 9.48 Å². The minimum atomic E-state index is 0.0270. The lowest BCUT2D eigenvalue weighted by atomic mass is 9.94. The van der Waals surface area contributed by atoms with Crippen molar-refractivity contribution in [2.24, 2.45) is 13.0 Å². The van der Waals surface area contributed by atoms with Crippen molar-refractivity contribution in [3.63, 3.8) is 0 Å². The normalized spacial score (nSPS) is 21.0. The monoisotopic (exact) mass is 378 g/mol. The number of rotatable bonds is 4. The third kappa shape index (κ3) is 3.08. The molecule has 0 spiro atoms. The lowest BCUT2D eigenvalue weighted by Crippen LogP contribution is -2.27. The molecule has 3 rings (SSSR count). The number of anilines is 1. The Bertz CT molecular complexity index is 713. The Labute approximate surface area is 143 Å². The molecule has 0 bridgehead atoms. The van der Waals surface area contributed by atoms with Crippen molar-refractivity contribution >= 4 is 27.8 Å². The van der Waals surface area contributed by atoms with E-state index in [1.54, 1.807) is 12.4 Å². The summed E-state index contributed by atoms with van der Waals surface area (Å²) in [5.41, 5.74) is 2.19. The summed E-state index contributed by atoms with van der Waals surface area (Å²) >= 11 is 3.32. The molecule has 1 N–H and O–H groups in total. The second-order valence-electron chi connectivity index (χ2n) is 5.83. The van der Waals surface area contributed by atoms with Gasteiger partial charge in [0.25, 0.3) is 0 Å². The van der Waals surface area contributed by atoms with Gasteiger partial charge in [0.2, 0.25) is 11.9 Å². The first-order valence-electron chi connectivity index (χ1n) is 7.43. The molecule has 0 saturated carbocycles. The van der Waals surface area contributed by atoms with E-state index in [0.717, 1.165) is 15.7 Å². The Balaban J connectivity index is 1.78. The number of halogens is 1. The van der Waals surface area contributed by atoms with E-state index in [4.69, 9.17) is 0 Å².